The van der Waals surface area contributed by atoms with E-state index in [0.717, 1.165) is 6.07 Å². The van der Waals surface area contributed by atoms with E-state index in [4.69, 9.17) is 17.3 Å². The maximum absolute atomic E-state index is 13.2. The number of rotatable bonds is 3. The van der Waals surface area contributed by atoms with Gasteiger partial charge < -0.3 is 11.1 Å². The predicted molar refractivity (Wildman–Crippen MR) is 51.9 cm³/mol. The number of carbonyl (C=O) groups excluding carboxylic acids is 1. The lowest BCUT2D eigenvalue weighted by atomic mass is 10.2. The summed E-state index contributed by atoms with van der Waals surface area (Å²) >= 11 is 5.61. The third kappa shape index (κ3) is 2.11. The first-order valence-electron chi connectivity index (χ1n) is 3.96. The van der Waals surface area contributed by atoms with Gasteiger partial charge in [0.05, 0.1) is 5.56 Å². The van der Waals surface area contributed by atoms with Gasteiger partial charge in [-0.3, -0.25) is 4.79 Å². The van der Waals surface area contributed by atoms with Gasteiger partial charge in [0.25, 0.3) is 5.91 Å². The Morgan fingerprint density at radius 3 is 2.93 bits per heavy atom. The molecule has 0 unspecified atom stereocenters. The van der Waals surface area contributed by atoms with Gasteiger partial charge in [-0.25, -0.2) is 9.37 Å². The number of amides is 1. The highest BCUT2D eigenvalue weighted by atomic mass is 35.5. The van der Waals surface area contributed by atoms with E-state index in [-0.39, 0.29) is 16.5 Å². The standard InChI is InChI=1S/C8H9ClFN3O/c1-2-12-8-5(10)3-4(7(11)14)6(9)13-8/h3H,2H2,1H3,(H2,11,14)(H,12,13). The van der Waals surface area contributed by atoms with Crippen LogP contribution in [0.25, 0.3) is 0 Å². The second kappa shape index (κ2) is 4.23. The first-order valence-corrected chi connectivity index (χ1v) is 4.33. The molecular formula is C8H9ClFN3O. The van der Waals surface area contributed by atoms with Gasteiger partial charge >= 0.3 is 0 Å². The van der Waals surface area contributed by atoms with Crippen LogP contribution >= 0.6 is 11.6 Å². The van der Waals surface area contributed by atoms with Crippen molar-refractivity contribution in [1.82, 2.24) is 4.98 Å². The van der Waals surface area contributed by atoms with Crippen molar-refractivity contribution < 1.29 is 9.18 Å². The van der Waals surface area contributed by atoms with Crippen molar-refractivity contribution in [2.75, 3.05) is 11.9 Å². The van der Waals surface area contributed by atoms with E-state index in [0.29, 0.717) is 6.54 Å². The number of aromatic nitrogens is 1. The van der Waals surface area contributed by atoms with Crippen molar-refractivity contribution >= 4 is 23.3 Å². The molecule has 0 fully saturated rings. The van der Waals surface area contributed by atoms with Crippen molar-refractivity contribution in [1.29, 1.82) is 0 Å². The summed E-state index contributed by atoms with van der Waals surface area (Å²) in [7, 11) is 0. The zero-order valence-corrected chi connectivity index (χ0v) is 8.23. The van der Waals surface area contributed by atoms with Crippen LogP contribution in [0.15, 0.2) is 6.07 Å². The third-order valence-corrected chi connectivity index (χ3v) is 1.83. The fourth-order valence-electron chi connectivity index (χ4n) is 0.931. The zero-order valence-electron chi connectivity index (χ0n) is 7.47. The van der Waals surface area contributed by atoms with Crippen LogP contribution in [-0.2, 0) is 0 Å². The summed E-state index contributed by atoms with van der Waals surface area (Å²) in [6.45, 7) is 2.30. The van der Waals surface area contributed by atoms with E-state index in [1.807, 2.05) is 0 Å². The summed E-state index contributed by atoms with van der Waals surface area (Å²) in [5.74, 6) is -1.43. The molecule has 1 aromatic heterocycles. The Hall–Kier alpha value is -1.36. The molecule has 1 amide bonds. The zero-order chi connectivity index (χ0) is 10.7. The highest BCUT2D eigenvalue weighted by molar-refractivity contribution is 6.32. The van der Waals surface area contributed by atoms with Crippen LogP contribution in [-0.4, -0.2) is 17.4 Å². The van der Waals surface area contributed by atoms with E-state index in [1.54, 1.807) is 6.92 Å². The Morgan fingerprint density at radius 1 is 1.79 bits per heavy atom. The molecule has 14 heavy (non-hydrogen) atoms. The van der Waals surface area contributed by atoms with Gasteiger partial charge in [-0.05, 0) is 13.0 Å². The van der Waals surface area contributed by atoms with Crippen LogP contribution in [0, 0.1) is 5.82 Å². The molecule has 0 aliphatic carbocycles. The van der Waals surface area contributed by atoms with Gasteiger partial charge in [0, 0.05) is 6.54 Å². The van der Waals surface area contributed by atoms with Crippen molar-refractivity contribution in [3.8, 4) is 0 Å². The number of nitrogens with one attached hydrogen (secondary N) is 1. The van der Waals surface area contributed by atoms with Crippen LogP contribution < -0.4 is 11.1 Å². The second-order valence-corrected chi connectivity index (χ2v) is 2.91. The first kappa shape index (κ1) is 10.7. The van der Waals surface area contributed by atoms with E-state index in [9.17, 15) is 9.18 Å². The summed E-state index contributed by atoms with van der Waals surface area (Å²) in [6.07, 6.45) is 0. The Labute approximate surface area is 85.3 Å². The average molecular weight is 218 g/mol. The maximum atomic E-state index is 13.2. The van der Waals surface area contributed by atoms with Crippen molar-refractivity contribution in [2.24, 2.45) is 5.73 Å². The number of hydrogen-bond acceptors (Lipinski definition) is 3. The molecule has 0 spiro atoms. The lowest BCUT2D eigenvalue weighted by Crippen LogP contribution is -2.14. The molecule has 3 N–H and O–H groups in total. The van der Waals surface area contributed by atoms with Crippen LogP contribution in [0.1, 0.15) is 17.3 Å². The Morgan fingerprint density at radius 2 is 2.43 bits per heavy atom. The van der Waals surface area contributed by atoms with E-state index < -0.39 is 11.7 Å². The van der Waals surface area contributed by atoms with Gasteiger partial charge in [-0.15, -0.1) is 0 Å². The van der Waals surface area contributed by atoms with Crippen LogP contribution in [0.2, 0.25) is 5.15 Å². The average Bonchev–Trinajstić information content (AvgIpc) is 2.10. The Balaban J connectivity index is 3.17. The fourth-order valence-corrected chi connectivity index (χ4v) is 1.16. The van der Waals surface area contributed by atoms with Gasteiger partial charge in [0.2, 0.25) is 0 Å². The van der Waals surface area contributed by atoms with E-state index >= 15 is 0 Å². The SMILES string of the molecule is CCNc1nc(Cl)c(C(N)=O)cc1F. The summed E-state index contributed by atoms with van der Waals surface area (Å²) in [5.41, 5.74) is 4.84. The monoisotopic (exact) mass is 217 g/mol. The lowest BCUT2D eigenvalue weighted by Gasteiger charge is -2.06. The van der Waals surface area contributed by atoms with Gasteiger partial charge in [0.15, 0.2) is 11.6 Å². The minimum Gasteiger partial charge on any atom is -0.368 e. The molecule has 0 aromatic carbocycles. The third-order valence-electron chi connectivity index (χ3n) is 1.54. The van der Waals surface area contributed by atoms with Crippen molar-refractivity contribution in [2.45, 2.75) is 6.92 Å². The lowest BCUT2D eigenvalue weighted by molar-refractivity contribution is 0.0999. The molecule has 0 aliphatic rings. The van der Waals surface area contributed by atoms with Crippen LogP contribution in [0.3, 0.4) is 0 Å². The largest absolute Gasteiger partial charge is 0.368 e. The minimum atomic E-state index is -0.801. The topological polar surface area (TPSA) is 68.0 Å². The molecule has 0 saturated carbocycles. The second-order valence-electron chi connectivity index (χ2n) is 2.55. The number of primary amides is 1. The fraction of sp³-hybridized carbons (Fsp3) is 0.250. The summed E-state index contributed by atoms with van der Waals surface area (Å²) in [5, 5.41) is 2.56. The Bertz CT molecular complexity index is 370. The Kier molecular flexibility index (Phi) is 3.24. The molecule has 76 valence electrons. The molecule has 1 heterocycles. The van der Waals surface area contributed by atoms with Crippen molar-refractivity contribution in [3.63, 3.8) is 0 Å². The normalized spacial score (nSPS) is 9.93. The molecular weight excluding hydrogens is 209 g/mol. The van der Waals surface area contributed by atoms with Crippen LogP contribution in [0.4, 0.5) is 10.2 Å². The molecule has 6 heteroatoms. The summed E-state index contributed by atoms with van der Waals surface area (Å²) in [6, 6.07) is 0.968. The number of pyridine rings is 1. The van der Waals surface area contributed by atoms with Crippen LogP contribution in [0.5, 0.6) is 0 Å². The number of halogens is 2. The molecule has 0 radical (unpaired) electrons. The minimum absolute atomic E-state index is 0.0162. The molecule has 1 aromatic rings. The molecule has 1 rings (SSSR count). The number of anilines is 1. The van der Waals surface area contributed by atoms with E-state index in [1.165, 1.54) is 0 Å². The highest BCUT2D eigenvalue weighted by Gasteiger charge is 2.13. The van der Waals surface area contributed by atoms with Gasteiger partial charge in [0.1, 0.15) is 5.15 Å². The maximum Gasteiger partial charge on any atom is 0.251 e. The van der Waals surface area contributed by atoms with Gasteiger partial charge in [-0.2, -0.15) is 0 Å². The van der Waals surface area contributed by atoms with Crippen molar-refractivity contribution in [3.05, 3.63) is 22.6 Å². The first-order chi connectivity index (χ1) is 6.56. The predicted octanol–water partition coefficient (Wildman–Crippen LogP) is 1.40. The number of nitrogens with two attached hydrogens (primary N) is 1. The molecule has 0 aliphatic heterocycles. The highest BCUT2D eigenvalue weighted by Crippen LogP contribution is 2.19. The molecule has 0 saturated heterocycles. The number of nitrogens with zero attached hydrogens (tertiary/aromatic N) is 1. The smallest absolute Gasteiger partial charge is 0.251 e. The number of carbonyl (C=O) groups is 1. The summed E-state index contributed by atoms with van der Waals surface area (Å²) < 4.78 is 13.2. The quantitative estimate of drug-likeness (QED) is 0.753. The molecule has 0 atom stereocenters. The summed E-state index contributed by atoms with van der Waals surface area (Å²) in [4.78, 5) is 14.4. The number of hydrogen-bond donors (Lipinski definition) is 2. The van der Waals surface area contributed by atoms with E-state index in [2.05, 4.69) is 10.3 Å². The molecule has 0 bridgehead atoms. The van der Waals surface area contributed by atoms with Gasteiger partial charge in [-0.1, -0.05) is 11.6 Å². The molecule has 4 nitrogen and oxygen atoms in total.